The minimum Gasteiger partial charge on any atom is -0.497 e. The SMILES string of the molecule is COc1ccc(Cl)c(NC2CCN3CCC2C3)c1. The summed E-state index contributed by atoms with van der Waals surface area (Å²) in [4.78, 5) is 2.55. The first kappa shape index (κ1) is 12.1. The fraction of sp³-hybridized carbons (Fsp3) is 0.571. The molecule has 1 aromatic rings. The Morgan fingerprint density at radius 1 is 1.33 bits per heavy atom. The maximum Gasteiger partial charge on any atom is 0.121 e. The molecule has 0 aromatic heterocycles. The van der Waals surface area contributed by atoms with Crippen LogP contribution in [0.1, 0.15) is 12.8 Å². The molecule has 2 bridgehead atoms. The molecule has 0 spiro atoms. The van der Waals surface area contributed by atoms with Crippen LogP contribution < -0.4 is 10.1 Å². The smallest absolute Gasteiger partial charge is 0.121 e. The molecule has 0 saturated carbocycles. The molecule has 3 rings (SSSR count). The van der Waals surface area contributed by atoms with E-state index >= 15 is 0 Å². The largest absolute Gasteiger partial charge is 0.497 e. The number of methoxy groups -OCH3 is 1. The molecule has 4 heteroatoms. The normalized spacial score (nSPS) is 30.2. The zero-order chi connectivity index (χ0) is 12.5. The number of nitrogens with one attached hydrogen (secondary N) is 1. The summed E-state index contributed by atoms with van der Waals surface area (Å²) in [5.41, 5.74) is 1.00. The highest BCUT2D eigenvalue weighted by Crippen LogP contribution is 2.33. The molecular weight excluding hydrogens is 248 g/mol. The third kappa shape index (κ3) is 2.29. The van der Waals surface area contributed by atoms with Crippen LogP contribution in [0, 0.1) is 5.92 Å². The molecule has 2 saturated heterocycles. The molecule has 98 valence electrons. The van der Waals surface area contributed by atoms with Crippen LogP contribution in [0.25, 0.3) is 0 Å². The van der Waals surface area contributed by atoms with Gasteiger partial charge in [-0.05, 0) is 37.4 Å². The number of fused-ring (bicyclic) bond motifs is 2. The highest BCUT2D eigenvalue weighted by Gasteiger charge is 2.34. The van der Waals surface area contributed by atoms with Gasteiger partial charge in [-0.3, -0.25) is 0 Å². The van der Waals surface area contributed by atoms with Crippen molar-refractivity contribution in [3.63, 3.8) is 0 Å². The zero-order valence-corrected chi connectivity index (χ0v) is 11.4. The van der Waals surface area contributed by atoms with Crippen molar-refractivity contribution in [2.24, 2.45) is 5.92 Å². The number of nitrogens with zero attached hydrogens (tertiary/aromatic N) is 1. The van der Waals surface area contributed by atoms with Crippen molar-refractivity contribution in [3.05, 3.63) is 23.2 Å². The molecule has 2 aliphatic rings. The summed E-state index contributed by atoms with van der Waals surface area (Å²) in [6.07, 6.45) is 2.51. The number of piperidine rings is 1. The molecule has 0 radical (unpaired) electrons. The van der Waals surface area contributed by atoms with Gasteiger partial charge in [0.2, 0.25) is 0 Å². The van der Waals surface area contributed by atoms with Gasteiger partial charge in [-0.1, -0.05) is 11.6 Å². The number of hydrogen-bond acceptors (Lipinski definition) is 3. The molecule has 2 fully saturated rings. The highest BCUT2D eigenvalue weighted by atomic mass is 35.5. The lowest BCUT2D eigenvalue weighted by Crippen LogP contribution is -2.39. The number of ether oxygens (including phenoxy) is 1. The minimum atomic E-state index is 0.549. The van der Waals surface area contributed by atoms with Crippen LogP contribution in [-0.4, -0.2) is 37.7 Å². The first-order valence-electron chi connectivity index (χ1n) is 6.58. The Morgan fingerprint density at radius 2 is 2.17 bits per heavy atom. The van der Waals surface area contributed by atoms with Crippen LogP contribution in [0.4, 0.5) is 5.69 Å². The fourth-order valence-electron chi connectivity index (χ4n) is 3.08. The number of benzene rings is 1. The summed E-state index contributed by atoms with van der Waals surface area (Å²) in [5, 5.41) is 4.39. The van der Waals surface area contributed by atoms with Crippen LogP contribution in [0.3, 0.4) is 0 Å². The van der Waals surface area contributed by atoms with Gasteiger partial charge in [-0.15, -0.1) is 0 Å². The second-order valence-corrected chi connectivity index (χ2v) is 5.64. The van der Waals surface area contributed by atoms with Crippen molar-refractivity contribution < 1.29 is 4.74 Å². The first-order chi connectivity index (χ1) is 8.76. The van der Waals surface area contributed by atoms with Crippen LogP contribution in [0.5, 0.6) is 5.75 Å². The average Bonchev–Trinajstić information content (AvgIpc) is 2.78. The van der Waals surface area contributed by atoms with Crippen molar-refractivity contribution in [2.75, 3.05) is 32.1 Å². The minimum absolute atomic E-state index is 0.549. The van der Waals surface area contributed by atoms with Gasteiger partial charge in [-0.2, -0.15) is 0 Å². The van der Waals surface area contributed by atoms with Crippen molar-refractivity contribution in [3.8, 4) is 5.75 Å². The maximum atomic E-state index is 6.25. The second kappa shape index (κ2) is 4.98. The Bertz CT molecular complexity index is 438. The van der Waals surface area contributed by atoms with E-state index in [9.17, 15) is 0 Å². The zero-order valence-electron chi connectivity index (χ0n) is 10.7. The highest BCUT2D eigenvalue weighted by molar-refractivity contribution is 6.33. The second-order valence-electron chi connectivity index (χ2n) is 5.23. The van der Waals surface area contributed by atoms with E-state index in [1.165, 1.54) is 32.5 Å². The summed E-state index contributed by atoms with van der Waals surface area (Å²) < 4.78 is 5.25. The number of anilines is 1. The van der Waals surface area contributed by atoms with Gasteiger partial charge < -0.3 is 15.0 Å². The lowest BCUT2D eigenvalue weighted by molar-refractivity contribution is 0.255. The molecule has 0 amide bonds. The molecule has 3 unspecified atom stereocenters. The van der Waals surface area contributed by atoms with E-state index in [1.807, 2.05) is 18.2 Å². The monoisotopic (exact) mass is 266 g/mol. The van der Waals surface area contributed by atoms with Gasteiger partial charge in [0, 0.05) is 25.2 Å². The average molecular weight is 267 g/mol. The van der Waals surface area contributed by atoms with Crippen LogP contribution in [0.15, 0.2) is 18.2 Å². The number of rotatable bonds is 3. The van der Waals surface area contributed by atoms with E-state index in [2.05, 4.69) is 10.2 Å². The molecule has 0 aliphatic carbocycles. The molecule has 1 aromatic carbocycles. The van der Waals surface area contributed by atoms with Crippen molar-refractivity contribution in [1.82, 2.24) is 4.90 Å². The van der Waals surface area contributed by atoms with E-state index in [0.29, 0.717) is 6.04 Å². The van der Waals surface area contributed by atoms with Gasteiger partial charge in [0.1, 0.15) is 5.75 Å². The Hall–Kier alpha value is -0.930. The number of hydrogen-bond donors (Lipinski definition) is 1. The van der Waals surface area contributed by atoms with Crippen molar-refractivity contribution in [1.29, 1.82) is 0 Å². The predicted molar refractivity (Wildman–Crippen MR) is 74.6 cm³/mol. The summed E-state index contributed by atoms with van der Waals surface area (Å²) in [5.74, 6) is 1.62. The van der Waals surface area contributed by atoms with Crippen LogP contribution >= 0.6 is 11.6 Å². The number of halogens is 1. The van der Waals surface area contributed by atoms with E-state index in [0.717, 1.165) is 22.4 Å². The summed E-state index contributed by atoms with van der Waals surface area (Å²) in [6, 6.07) is 6.33. The lowest BCUT2D eigenvalue weighted by atomic mass is 9.94. The van der Waals surface area contributed by atoms with Crippen LogP contribution in [0.2, 0.25) is 5.02 Å². The quantitative estimate of drug-likeness (QED) is 0.911. The molecule has 3 atom stereocenters. The topological polar surface area (TPSA) is 24.5 Å². The van der Waals surface area contributed by atoms with Gasteiger partial charge >= 0.3 is 0 Å². The van der Waals surface area contributed by atoms with E-state index < -0.39 is 0 Å². The molecule has 2 heterocycles. The Kier molecular flexibility index (Phi) is 3.35. The van der Waals surface area contributed by atoms with Gasteiger partial charge in [-0.25, -0.2) is 0 Å². The Labute approximate surface area is 113 Å². The lowest BCUT2D eigenvalue weighted by Gasteiger charge is -2.32. The van der Waals surface area contributed by atoms with Crippen LogP contribution in [-0.2, 0) is 0 Å². The summed E-state index contributed by atoms with van der Waals surface area (Å²) >= 11 is 6.25. The van der Waals surface area contributed by atoms with E-state index in [-0.39, 0.29) is 0 Å². The molecule has 18 heavy (non-hydrogen) atoms. The van der Waals surface area contributed by atoms with E-state index in [1.54, 1.807) is 7.11 Å². The van der Waals surface area contributed by atoms with Crippen molar-refractivity contribution in [2.45, 2.75) is 18.9 Å². The summed E-state index contributed by atoms with van der Waals surface area (Å²) in [7, 11) is 1.68. The maximum absolute atomic E-state index is 6.25. The predicted octanol–water partition coefficient (Wildman–Crippen LogP) is 2.85. The van der Waals surface area contributed by atoms with Gasteiger partial charge in [0.15, 0.2) is 0 Å². The molecule has 1 N–H and O–H groups in total. The van der Waals surface area contributed by atoms with Gasteiger partial charge in [0.05, 0.1) is 17.8 Å². The van der Waals surface area contributed by atoms with Crippen molar-refractivity contribution >= 4 is 17.3 Å². The Morgan fingerprint density at radius 3 is 3.00 bits per heavy atom. The van der Waals surface area contributed by atoms with Gasteiger partial charge in [0.25, 0.3) is 0 Å². The fourth-order valence-corrected chi connectivity index (χ4v) is 3.26. The first-order valence-corrected chi connectivity index (χ1v) is 6.96. The molecule has 2 aliphatic heterocycles. The summed E-state index contributed by atoms with van der Waals surface area (Å²) in [6.45, 7) is 3.70. The third-order valence-electron chi connectivity index (χ3n) is 4.15. The molecule has 3 nitrogen and oxygen atoms in total. The molecular formula is C14H19ClN2O. The standard InChI is InChI=1S/C14H19ClN2O/c1-18-11-2-3-12(15)14(8-11)16-13-5-7-17-6-4-10(13)9-17/h2-3,8,10,13,16H,4-7,9H2,1H3. The van der Waals surface area contributed by atoms with E-state index in [4.69, 9.17) is 16.3 Å². The Balaban J connectivity index is 1.75. The third-order valence-corrected chi connectivity index (χ3v) is 4.48.